The molecule has 0 N–H and O–H groups in total. The highest BCUT2D eigenvalue weighted by atomic mass is 16.2. The summed E-state index contributed by atoms with van der Waals surface area (Å²) in [5, 5.41) is 18.3. The summed E-state index contributed by atoms with van der Waals surface area (Å²) >= 11 is 0. The third-order valence-electron chi connectivity index (χ3n) is 6.36. The van der Waals surface area contributed by atoms with Crippen LogP contribution < -0.4 is 4.90 Å². The first kappa shape index (κ1) is 22.6. The highest BCUT2D eigenvalue weighted by molar-refractivity contribution is 5.87. The van der Waals surface area contributed by atoms with Gasteiger partial charge < -0.3 is 9.80 Å². The Morgan fingerprint density at radius 2 is 1.74 bits per heavy atom. The fraction of sp³-hybridized carbons (Fsp3) is 0.346. The summed E-state index contributed by atoms with van der Waals surface area (Å²) in [5.74, 6) is 1.07. The molecule has 5 rings (SSSR count). The van der Waals surface area contributed by atoms with Crippen molar-refractivity contribution in [3.8, 4) is 28.3 Å². The number of hydrogen-bond acceptors (Lipinski definition) is 6. The Bertz CT molecular complexity index is 1430. The molecule has 0 unspecified atom stereocenters. The number of carbonyl (C=O) groups is 1. The van der Waals surface area contributed by atoms with Gasteiger partial charge in [0.15, 0.2) is 0 Å². The molecule has 0 bridgehead atoms. The summed E-state index contributed by atoms with van der Waals surface area (Å²) < 4.78 is 3.50. The van der Waals surface area contributed by atoms with E-state index in [0.717, 1.165) is 46.7 Å². The summed E-state index contributed by atoms with van der Waals surface area (Å²) in [7, 11) is 1.88. The number of fused-ring (bicyclic) bond motifs is 1. The second-order valence-corrected chi connectivity index (χ2v) is 9.94. The second-order valence-electron chi connectivity index (χ2n) is 9.94. The van der Waals surface area contributed by atoms with Crippen molar-refractivity contribution in [2.75, 3.05) is 31.1 Å². The van der Waals surface area contributed by atoms with Gasteiger partial charge in [-0.05, 0) is 18.2 Å². The van der Waals surface area contributed by atoms with Crippen molar-refractivity contribution in [2.24, 2.45) is 12.5 Å². The number of pyridine rings is 2. The lowest BCUT2D eigenvalue weighted by Gasteiger charge is -2.38. The van der Waals surface area contributed by atoms with E-state index in [1.54, 1.807) is 15.4 Å². The summed E-state index contributed by atoms with van der Waals surface area (Å²) in [5.41, 5.74) is 4.62. The van der Waals surface area contributed by atoms with Crippen molar-refractivity contribution in [3.63, 3.8) is 0 Å². The van der Waals surface area contributed by atoms with Gasteiger partial charge in [0.05, 0.1) is 23.5 Å². The number of aryl methyl sites for hydroxylation is 1. The van der Waals surface area contributed by atoms with Gasteiger partial charge in [-0.1, -0.05) is 20.8 Å². The van der Waals surface area contributed by atoms with Gasteiger partial charge in [-0.2, -0.15) is 15.5 Å². The number of nitriles is 1. The molecule has 4 aromatic heterocycles. The number of nitrogens with zero attached hydrogens (tertiary/aromatic N) is 8. The van der Waals surface area contributed by atoms with E-state index < -0.39 is 0 Å². The lowest BCUT2D eigenvalue weighted by molar-refractivity contribution is -0.139. The van der Waals surface area contributed by atoms with Crippen molar-refractivity contribution >= 4 is 17.2 Å². The number of amides is 1. The van der Waals surface area contributed by atoms with Crippen LogP contribution in [0.15, 0.2) is 49.2 Å². The Labute approximate surface area is 204 Å². The highest BCUT2D eigenvalue weighted by Gasteiger charge is 2.30. The summed E-state index contributed by atoms with van der Waals surface area (Å²) in [6.45, 7) is 8.75. The van der Waals surface area contributed by atoms with Crippen molar-refractivity contribution in [3.05, 3.63) is 54.7 Å². The maximum Gasteiger partial charge on any atom is 0.228 e. The molecule has 1 aliphatic heterocycles. The third kappa shape index (κ3) is 4.23. The van der Waals surface area contributed by atoms with Crippen molar-refractivity contribution in [2.45, 2.75) is 20.8 Å². The molecular formula is C26H28N8O. The Kier molecular flexibility index (Phi) is 5.52. The van der Waals surface area contributed by atoms with E-state index in [1.807, 2.05) is 69.6 Å². The normalized spacial score (nSPS) is 14.4. The first-order chi connectivity index (χ1) is 16.7. The van der Waals surface area contributed by atoms with Crippen LogP contribution in [0.2, 0.25) is 0 Å². The predicted octanol–water partition coefficient (Wildman–Crippen LogP) is 3.36. The van der Waals surface area contributed by atoms with Gasteiger partial charge >= 0.3 is 0 Å². The molecule has 1 saturated heterocycles. The number of rotatable bonds is 3. The van der Waals surface area contributed by atoms with Gasteiger partial charge in [-0.3, -0.25) is 9.48 Å². The minimum absolute atomic E-state index is 0.187. The highest BCUT2D eigenvalue weighted by Crippen LogP contribution is 2.32. The molecule has 9 nitrogen and oxygen atoms in total. The molecule has 0 saturated carbocycles. The number of hydrogen-bond donors (Lipinski definition) is 0. The van der Waals surface area contributed by atoms with Crippen LogP contribution in [-0.2, 0) is 11.8 Å². The molecule has 1 amide bonds. The number of aromatic nitrogens is 5. The molecule has 1 aliphatic rings. The van der Waals surface area contributed by atoms with E-state index in [9.17, 15) is 10.1 Å². The zero-order valence-corrected chi connectivity index (χ0v) is 20.4. The molecule has 0 aliphatic carbocycles. The van der Waals surface area contributed by atoms with E-state index in [4.69, 9.17) is 4.98 Å². The molecule has 0 atom stereocenters. The first-order valence-electron chi connectivity index (χ1n) is 11.7. The minimum Gasteiger partial charge on any atom is -0.353 e. The van der Waals surface area contributed by atoms with E-state index >= 15 is 0 Å². The predicted molar refractivity (Wildman–Crippen MR) is 134 cm³/mol. The van der Waals surface area contributed by atoms with Gasteiger partial charge in [0.1, 0.15) is 11.9 Å². The van der Waals surface area contributed by atoms with Crippen LogP contribution in [0.3, 0.4) is 0 Å². The Hall–Kier alpha value is -4.19. The monoisotopic (exact) mass is 468 g/mol. The number of anilines is 1. The van der Waals surface area contributed by atoms with Crippen LogP contribution in [0.25, 0.3) is 27.8 Å². The first-order valence-corrected chi connectivity index (χ1v) is 11.7. The molecule has 35 heavy (non-hydrogen) atoms. The Balaban J connectivity index is 1.44. The van der Waals surface area contributed by atoms with Crippen LogP contribution in [0.5, 0.6) is 0 Å². The Morgan fingerprint density at radius 3 is 2.34 bits per heavy atom. The lowest BCUT2D eigenvalue weighted by atomic mass is 9.94. The SMILES string of the molecule is Cn1cc(-c2cc(-c3ccc(N4CCN(C(=O)C(C)(C)C)CC4)nc3)c3c(C#N)cnn3c2)cn1. The average molecular weight is 469 g/mol. The third-order valence-corrected chi connectivity index (χ3v) is 6.36. The number of piperazine rings is 1. The zero-order valence-electron chi connectivity index (χ0n) is 20.4. The van der Waals surface area contributed by atoms with Crippen LogP contribution in [0.1, 0.15) is 26.3 Å². The second kappa shape index (κ2) is 8.55. The van der Waals surface area contributed by atoms with E-state index in [1.165, 1.54) is 0 Å². The summed E-state index contributed by atoms with van der Waals surface area (Å²) in [6.07, 6.45) is 9.11. The molecule has 5 heterocycles. The fourth-order valence-corrected chi connectivity index (χ4v) is 4.50. The minimum atomic E-state index is -0.367. The maximum absolute atomic E-state index is 12.6. The molecule has 0 aromatic carbocycles. The van der Waals surface area contributed by atoms with Crippen LogP contribution in [-0.4, -0.2) is 61.4 Å². The molecule has 4 aromatic rings. The van der Waals surface area contributed by atoms with E-state index in [0.29, 0.717) is 18.7 Å². The summed E-state index contributed by atoms with van der Waals surface area (Å²) in [4.78, 5) is 21.5. The van der Waals surface area contributed by atoms with Gasteiger partial charge in [-0.25, -0.2) is 9.50 Å². The van der Waals surface area contributed by atoms with Crippen molar-refractivity contribution in [1.29, 1.82) is 5.26 Å². The molecule has 178 valence electrons. The van der Waals surface area contributed by atoms with Gasteiger partial charge in [0, 0.05) is 79.5 Å². The van der Waals surface area contributed by atoms with Gasteiger partial charge in [0.2, 0.25) is 5.91 Å². The van der Waals surface area contributed by atoms with Crippen LogP contribution in [0, 0.1) is 16.7 Å². The molecule has 0 radical (unpaired) electrons. The van der Waals surface area contributed by atoms with E-state index in [-0.39, 0.29) is 11.3 Å². The van der Waals surface area contributed by atoms with Crippen molar-refractivity contribution < 1.29 is 4.79 Å². The lowest BCUT2D eigenvalue weighted by Crippen LogP contribution is -2.51. The topological polar surface area (TPSA) is 95.3 Å². The quantitative estimate of drug-likeness (QED) is 0.458. The van der Waals surface area contributed by atoms with Gasteiger partial charge in [0.25, 0.3) is 0 Å². The number of carbonyl (C=O) groups excluding carboxylic acids is 1. The molecule has 0 spiro atoms. The average Bonchev–Trinajstić information content (AvgIpc) is 3.48. The Morgan fingerprint density at radius 1 is 0.971 bits per heavy atom. The fourth-order valence-electron chi connectivity index (χ4n) is 4.50. The molecule has 9 heteroatoms. The van der Waals surface area contributed by atoms with Gasteiger partial charge in [-0.15, -0.1) is 0 Å². The largest absolute Gasteiger partial charge is 0.353 e. The summed E-state index contributed by atoms with van der Waals surface area (Å²) in [6, 6.07) is 8.35. The van der Waals surface area contributed by atoms with Crippen molar-refractivity contribution in [1.82, 2.24) is 29.3 Å². The standard InChI is InChI=1S/C26H28N8O/c1-26(2,3)25(35)33-9-7-32(8-10-33)23-6-5-18(13-28-23)22-11-19(21-15-29-31(4)16-21)17-34-24(22)20(12-27)14-30-34/h5-6,11,13-17H,7-10H2,1-4H3. The molecule has 1 fully saturated rings. The zero-order chi connectivity index (χ0) is 24.7. The van der Waals surface area contributed by atoms with Crippen LogP contribution >= 0.6 is 0 Å². The van der Waals surface area contributed by atoms with Crippen LogP contribution in [0.4, 0.5) is 5.82 Å². The smallest absolute Gasteiger partial charge is 0.228 e. The maximum atomic E-state index is 12.6. The molecular weight excluding hydrogens is 440 g/mol. The van der Waals surface area contributed by atoms with E-state index in [2.05, 4.69) is 27.2 Å².